The topological polar surface area (TPSA) is 67.4 Å². The molecular weight excluding hydrogens is 455 g/mol. The first-order chi connectivity index (χ1) is 16.6. The number of carbonyl (C=O) groups is 1. The Labute approximate surface area is 203 Å². The van der Waals surface area contributed by atoms with Crippen LogP contribution in [0, 0.1) is 11.7 Å². The van der Waals surface area contributed by atoms with Crippen LogP contribution in [-0.4, -0.2) is 33.4 Å². The van der Waals surface area contributed by atoms with E-state index in [1.807, 2.05) is 6.08 Å². The number of nitrogens with one attached hydrogen (secondary N) is 1. The van der Waals surface area contributed by atoms with Gasteiger partial charge in [-0.05, 0) is 42.9 Å². The van der Waals surface area contributed by atoms with E-state index in [4.69, 9.17) is 16.3 Å². The summed E-state index contributed by atoms with van der Waals surface area (Å²) in [5, 5.41) is 3.17. The van der Waals surface area contributed by atoms with Crippen molar-refractivity contribution in [2.24, 2.45) is 5.92 Å². The van der Waals surface area contributed by atoms with Gasteiger partial charge in [0.2, 0.25) is 5.91 Å². The van der Waals surface area contributed by atoms with Gasteiger partial charge in [-0.25, -0.2) is 9.37 Å². The van der Waals surface area contributed by atoms with Crippen LogP contribution in [0.25, 0.3) is 0 Å². The van der Waals surface area contributed by atoms with E-state index >= 15 is 0 Å². The average Bonchev–Trinajstić information content (AvgIpc) is 3.61. The molecule has 1 amide bonds. The van der Waals surface area contributed by atoms with E-state index in [1.165, 1.54) is 30.9 Å². The zero-order valence-electron chi connectivity index (χ0n) is 19.0. The van der Waals surface area contributed by atoms with Gasteiger partial charge in [0.05, 0.1) is 17.8 Å². The van der Waals surface area contributed by atoms with Gasteiger partial charge in [-0.3, -0.25) is 9.78 Å². The van der Waals surface area contributed by atoms with Gasteiger partial charge >= 0.3 is 0 Å². The van der Waals surface area contributed by atoms with E-state index in [2.05, 4.69) is 20.2 Å². The van der Waals surface area contributed by atoms with Crippen molar-refractivity contribution in [1.29, 1.82) is 0 Å². The van der Waals surface area contributed by atoms with Crippen molar-refractivity contribution >= 4 is 23.3 Å². The highest BCUT2D eigenvalue weighted by molar-refractivity contribution is 6.32. The van der Waals surface area contributed by atoms with Gasteiger partial charge in [0.1, 0.15) is 11.8 Å². The Balaban J connectivity index is 1.40. The predicted molar refractivity (Wildman–Crippen MR) is 129 cm³/mol. The lowest BCUT2D eigenvalue weighted by Gasteiger charge is -2.33. The highest BCUT2D eigenvalue weighted by atomic mass is 35.5. The zero-order valence-corrected chi connectivity index (χ0v) is 19.7. The molecule has 2 aliphatic carbocycles. The first-order valence-electron chi connectivity index (χ1n) is 12.0. The summed E-state index contributed by atoms with van der Waals surface area (Å²) in [7, 11) is 0. The van der Waals surface area contributed by atoms with Gasteiger partial charge in [-0.15, -0.1) is 0 Å². The summed E-state index contributed by atoms with van der Waals surface area (Å²) in [5.41, 5.74) is 2.30. The van der Waals surface area contributed by atoms with Crippen LogP contribution in [0.15, 0.2) is 59.9 Å². The molecule has 2 saturated carbocycles. The Morgan fingerprint density at radius 1 is 1.24 bits per heavy atom. The Bertz CT molecular complexity index is 1090. The number of allylic oxidation sites excluding steroid dienone is 2. The summed E-state index contributed by atoms with van der Waals surface area (Å²) >= 11 is 6.19. The molecular formula is C26H28ClFN4O2. The van der Waals surface area contributed by atoms with Gasteiger partial charge in [-0.2, -0.15) is 0 Å². The number of benzene rings is 1. The van der Waals surface area contributed by atoms with Crippen molar-refractivity contribution < 1.29 is 13.9 Å². The van der Waals surface area contributed by atoms with E-state index in [-0.39, 0.29) is 22.7 Å². The zero-order chi connectivity index (χ0) is 23.5. The smallest absolute Gasteiger partial charge is 0.248 e. The number of hydrogen-bond donors (Lipinski definition) is 1. The third-order valence-corrected chi connectivity index (χ3v) is 7.02. The molecule has 1 aromatic heterocycles. The van der Waals surface area contributed by atoms with E-state index in [1.54, 1.807) is 30.7 Å². The van der Waals surface area contributed by atoms with Crippen LogP contribution < -0.4 is 10.1 Å². The maximum absolute atomic E-state index is 14.4. The number of halogens is 2. The van der Waals surface area contributed by atoms with Gasteiger partial charge in [-0.1, -0.05) is 49.8 Å². The minimum atomic E-state index is -0.508. The lowest BCUT2D eigenvalue weighted by molar-refractivity contribution is -0.121. The van der Waals surface area contributed by atoms with Crippen LogP contribution in [0.3, 0.4) is 0 Å². The van der Waals surface area contributed by atoms with Gasteiger partial charge in [0.15, 0.2) is 17.4 Å². The molecule has 1 atom stereocenters. The number of hydrogen-bond acceptors (Lipinski definition) is 5. The van der Waals surface area contributed by atoms with E-state index in [0.717, 1.165) is 37.8 Å². The van der Waals surface area contributed by atoms with Crippen LogP contribution >= 0.6 is 11.6 Å². The fourth-order valence-electron chi connectivity index (χ4n) is 4.90. The molecule has 2 heterocycles. The fraction of sp³-hybridized carbons (Fsp3) is 0.423. The summed E-state index contributed by atoms with van der Waals surface area (Å²) in [6, 6.07) is 4.10. The normalized spacial score (nSPS) is 19.1. The van der Waals surface area contributed by atoms with Crippen molar-refractivity contribution in [1.82, 2.24) is 14.9 Å². The number of para-hydroxylation sites is 1. The number of carbonyl (C=O) groups excluding carboxylic acids is 1. The monoisotopic (exact) mass is 482 g/mol. The van der Waals surface area contributed by atoms with Crippen LogP contribution in [0.5, 0.6) is 5.75 Å². The van der Waals surface area contributed by atoms with Crippen LogP contribution in [0.2, 0.25) is 5.02 Å². The lowest BCUT2D eigenvalue weighted by atomic mass is 9.84. The van der Waals surface area contributed by atoms with Gasteiger partial charge < -0.3 is 15.0 Å². The highest BCUT2D eigenvalue weighted by Crippen LogP contribution is 2.41. The summed E-state index contributed by atoms with van der Waals surface area (Å²) in [6.45, 7) is 0.384. The molecule has 34 heavy (non-hydrogen) atoms. The predicted octanol–water partition coefficient (Wildman–Crippen LogP) is 5.87. The molecule has 1 aromatic carbocycles. The Morgan fingerprint density at radius 2 is 2.06 bits per heavy atom. The van der Waals surface area contributed by atoms with Gasteiger partial charge in [0, 0.05) is 24.2 Å². The minimum Gasteiger partial charge on any atom is -0.455 e. The summed E-state index contributed by atoms with van der Waals surface area (Å²) in [4.78, 5) is 23.9. The molecule has 2 aromatic rings. The molecule has 0 unspecified atom stereocenters. The Morgan fingerprint density at radius 3 is 2.76 bits per heavy atom. The maximum atomic E-state index is 14.4. The largest absolute Gasteiger partial charge is 0.455 e. The van der Waals surface area contributed by atoms with Crippen molar-refractivity contribution in [3.63, 3.8) is 0 Å². The van der Waals surface area contributed by atoms with Crippen LogP contribution in [-0.2, 0) is 4.79 Å². The van der Waals surface area contributed by atoms with Crippen molar-refractivity contribution in [2.45, 2.75) is 57.4 Å². The Kier molecular flexibility index (Phi) is 6.81. The molecule has 1 aliphatic heterocycles. The number of nitrogens with zero attached hydrogens (tertiary/aromatic N) is 3. The molecule has 0 bridgehead atoms. The van der Waals surface area contributed by atoms with Crippen LogP contribution in [0.1, 0.15) is 51.4 Å². The van der Waals surface area contributed by atoms with Crippen molar-refractivity contribution in [2.75, 3.05) is 11.9 Å². The highest BCUT2D eigenvalue weighted by Gasteiger charge is 2.37. The molecule has 3 aliphatic rings. The standard InChI is InChI=1S/C26H28ClFN4O2/c27-20-7-4-8-21(28)25(20)34-19-14-22(18-9-10-18)32(16-19)23(13-17-5-2-1-3-6-17)26(33)31-24-15-29-11-12-30-24/h4,7-8,11-12,14-15,17,23H,1-3,5-6,9-10,13,16H2,(H,30,31,33)/t23-/m0/s1. The fourth-order valence-corrected chi connectivity index (χ4v) is 5.10. The third-order valence-electron chi connectivity index (χ3n) is 6.72. The first-order valence-corrected chi connectivity index (χ1v) is 12.3. The Hall–Kier alpha value is -2.93. The van der Waals surface area contributed by atoms with Crippen molar-refractivity contribution in [3.8, 4) is 5.75 Å². The second kappa shape index (κ2) is 10.1. The third kappa shape index (κ3) is 5.25. The van der Waals surface area contributed by atoms with Crippen molar-refractivity contribution in [3.05, 3.63) is 70.7 Å². The van der Waals surface area contributed by atoms with E-state index < -0.39 is 5.82 Å². The molecule has 0 saturated heterocycles. The maximum Gasteiger partial charge on any atom is 0.248 e. The second-order valence-corrected chi connectivity index (χ2v) is 9.62. The summed E-state index contributed by atoms with van der Waals surface area (Å²) in [5.74, 6) is 0.911. The minimum absolute atomic E-state index is 0.0188. The molecule has 1 N–H and O–H groups in total. The van der Waals surface area contributed by atoms with Gasteiger partial charge in [0.25, 0.3) is 0 Å². The van der Waals surface area contributed by atoms with Crippen LogP contribution in [0.4, 0.5) is 10.2 Å². The molecule has 178 valence electrons. The second-order valence-electron chi connectivity index (χ2n) is 9.22. The molecule has 8 heteroatoms. The summed E-state index contributed by atoms with van der Waals surface area (Å²) < 4.78 is 20.3. The molecule has 6 nitrogen and oxygen atoms in total. The number of amides is 1. The average molecular weight is 483 g/mol. The molecule has 2 fully saturated rings. The number of ether oxygens (including phenoxy) is 1. The van der Waals surface area contributed by atoms with E-state index in [9.17, 15) is 9.18 Å². The quantitative estimate of drug-likeness (QED) is 0.534. The number of aromatic nitrogens is 2. The molecule has 0 radical (unpaired) electrons. The lowest BCUT2D eigenvalue weighted by Crippen LogP contribution is -2.44. The molecule has 5 rings (SSSR count). The number of anilines is 1. The first kappa shape index (κ1) is 22.8. The van der Waals surface area contributed by atoms with E-state index in [0.29, 0.717) is 24.0 Å². The number of rotatable bonds is 7. The molecule has 0 spiro atoms. The SMILES string of the molecule is O=C(Nc1cnccn1)[C@H](CC1CCCCC1)N1CC(Oc2c(F)cccc2Cl)=CC1=C1CC1. The summed E-state index contributed by atoms with van der Waals surface area (Å²) in [6.07, 6.45) is 15.3.